The maximum absolute atomic E-state index is 12.6. The van der Waals surface area contributed by atoms with Crippen molar-refractivity contribution in [1.29, 1.82) is 0 Å². The van der Waals surface area contributed by atoms with E-state index in [9.17, 15) is 4.79 Å². The first-order chi connectivity index (χ1) is 13.0. The SMILES string of the molecule is COc1cc(C(=O)NN=C(CC(C)C)c2ccccc2)cc(OC)c1OC. The van der Waals surface area contributed by atoms with Gasteiger partial charge >= 0.3 is 0 Å². The summed E-state index contributed by atoms with van der Waals surface area (Å²) in [4.78, 5) is 12.6. The predicted octanol–water partition coefficient (Wildman–Crippen LogP) is 3.89. The molecule has 0 saturated heterocycles. The lowest BCUT2D eigenvalue weighted by atomic mass is 10.0. The number of methoxy groups -OCH3 is 3. The minimum atomic E-state index is -0.355. The molecule has 1 N–H and O–H groups in total. The van der Waals surface area contributed by atoms with E-state index in [1.807, 2.05) is 30.3 Å². The summed E-state index contributed by atoms with van der Waals surface area (Å²) in [7, 11) is 4.53. The van der Waals surface area contributed by atoms with Crippen LogP contribution < -0.4 is 19.6 Å². The predicted molar refractivity (Wildman–Crippen MR) is 106 cm³/mol. The lowest BCUT2D eigenvalue weighted by Gasteiger charge is -2.14. The summed E-state index contributed by atoms with van der Waals surface area (Å²) < 4.78 is 15.9. The first-order valence-corrected chi connectivity index (χ1v) is 8.72. The maximum atomic E-state index is 12.6. The minimum Gasteiger partial charge on any atom is -0.493 e. The molecule has 6 nitrogen and oxygen atoms in total. The Hall–Kier alpha value is -3.02. The second-order valence-electron chi connectivity index (χ2n) is 6.38. The Morgan fingerprint density at radius 1 is 0.963 bits per heavy atom. The molecule has 1 amide bonds. The van der Waals surface area contributed by atoms with Gasteiger partial charge in [-0.2, -0.15) is 5.10 Å². The van der Waals surface area contributed by atoms with E-state index in [-0.39, 0.29) is 5.91 Å². The van der Waals surface area contributed by atoms with E-state index < -0.39 is 0 Å². The third-order valence-electron chi connectivity index (χ3n) is 3.93. The Bertz CT molecular complexity index is 776. The van der Waals surface area contributed by atoms with Gasteiger partial charge in [0.05, 0.1) is 27.0 Å². The van der Waals surface area contributed by atoms with Crippen LogP contribution in [0.3, 0.4) is 0 Å². The fourth-order valence-electron chi connectivity index (χ4n) is 2.64. The number of carbonyl (C=O) groups excluding carboxylic acids is 1. The van der Waals surface area contributed by atoms with E-state index in [2.05, 4.69) is 24.4 Å². The van der Waals surface area contributed by atoms with Gasteiger partial charge in [-0.05, 0) is 30.0 Å². The zero-order chi connectivity index (χ0) is 19.8. The van der Waals surface area contributed by atoms with Crippen molar-refractivity contribution in [1.82, 2.24) is 5.43 Å². The highest BCUT2D eigenvalue weighted by Gasteiger charge is 2.17. The number of amides is 1. The van der Waals surface area contributed by atoms with Crippen LogP contribution in [0.15, 0.2) is 47.6 Å². The molecule has 0 aromatic heterocycles. The van der Waals surface area contributed by atoms with Crippen LogP contribution in [0.2, 0.25) is 0 Å². The topological polar surface area (TPSA) is 69.2 Å². The number of ether oxygens (including phenoxy) is 3. The van der Waals surface area contributed by atoms with Crippen molar-refractivity contribution in [3.8, 4) is 17.2 Å². The fraction of sp³-hybridized carbons (Fsp3) is 0.333. The van der Waals surface area contributed by atoms with Crippen LogP contribution in [-0.2, 0) is 0 Å². The van der Waals surface area contributed by atoms with Crippen LogP contribution in [-0.4, -0.2) is 32.9 Å². The molecule has 0 heterocycles. The Labute approximate surface area is 160 Å². The largest absolute Gasteiger partial charge is 0.493 e. The van der Waals surface area contributed by atoms with Crippen molar-refractivity contribution in [2.24, 2.45) is 11.0 Å². The second kappa shape index (κ2) is 9.62. The van der Waals surface area contributed by atoms with Gasteiger partial charge in [-0.25, -0.2) is 5.43 Å². The summed E-state index contributed by atoms with van der Waals surface area (Å²) in [6.45, 7) is 4.22. The van der Waals surface area contributed by atoms with Gasteiger partial charge in [0, 0.05) is 5.56 Å². The van der Waals surface area contributed by atoms with Crippen molar-refractivity contribution >= 4 is 11.6 Å². The van der Waals surface area contributed by atoms with Gasteiger partial charge in [0.15, 0.2) is 11.5 Å². The van der Waals surface area contributed by atoms with Crippen LogP contribution >= 0.6 is 0 Å². The molecule has 2 aromatic rings. The van der Waals surface area contributed by atoms with Gasteiger partial charge in [-0.3, -0.25) is 4.79 Å². The average Bonchev–Trinajstić information content (AvgIpc) is 2.69. The number of hydrazone groups is 1. The normalized spacial score (nSPS) is 11.3. The zero-order valence-electron chi connectivity index (χ0n) is 16.4. The van der Waals surface area contributed by atoms with Crippen LogP contribution in [0.4, 0.5) is 0 Å². The van der Waals surface area contributed by atoms with E-state index in [1.165, 1.54) is 21.3 Å². The zero-order valence-corrected chi connectivity index (χ0v) is 16.4. The molecule has 27 heavy (non-hydrogen) atoms. The Morgan fingerprint density at radius 2 is 1.56 bits per heavy atom. The fourth-order valence-corrected chi connectivity index (χ4v) is 2.64. The van der Waals surface area contributed by atoms with Gasteiger partial charge in [-0.1, -0.05) is 44.2 Å². The van der Waals surface area contributed by atoms with Crippen LogP contribution in [0.1, 0.15) is 36.2 Å². The van der Waals surface area contributed by atoms with Crippen molar-refractivity contribution in [3.05, 3.63) is 53.6 Å². The molecular weight excluding hydrogens is 344 g/mol. The highest BCUT2D eigenvalue weighted by atomic mass is 16.5. The summed E-state index contributed by atoms with van der Waals surface area (Å²) in [6, 6.07) is 13.0. The van der Waals surface area contributed by atoms with E-state index >= 15 is 0 Å². The molecule has 0 aliphatic heterocycles. The molecule has 0 aliphatic rings. The Morgan fingerprint density at radius 3 is 2.04 bits per heavy atom. The molecule has 6 heteroatoms. The van der Waals surface area contributed by atoms with Crippen molar-refractivity contribution in [3.63, 3.8) is 0 Å². The number of rotatable bonds is 8. The first-order valence-electron chi connectivity index (χ1n) is 8.72. The third kappa shape index (κ3) is 5.23. The Balaban J connectivity index is 2.30. The number of nitrogens with zero attached hydrogens (tertiary/aromatic N) is 1. The molecule has 0 atom stereocenters. The molecule has 2 rings (SSSR count). The summed E-state index contributed by atoms with van der Waals surface area (Å²) in [6.07, 6.45) is 0.750. The molecular formula is C21H26N2O4. The molecule has 0 fully saturated rings. The molecule has 0 saturated carbocycles. The first kappa shape index (κ1) is 20.3. The standard InChI is InChI=1S/C21H26N2O4/c1-14(2)11-17(15-9-7-6-8-10-15)22-23-21(24)16-12-18(25-3)20(27-5)19(13-16)26-4/h6-10,12-14H,11H2,1-5H3,(H,23,24). The van der Waals surface area contributed by atoms with Crippen molar-refractivity contribution in [2.75, 3.05) is 21.3 Å². The molecule has 144 valence electrons. The number of hydrogen-bond acceptors (Lipinski definition) is 5. The highest BCUT2D eigenvalue weighted by Crippen LogP contribution is 2.38. The molecule has 0 unspecified atom stereocenters. The molecule has 0 radical (unpaired) electrons. The minimum absolute atomic E-state index is 0.355. The average molecular weight is 370 g/mol. The summed E-state index contributed by atoms with van der Waals surface area (Å²) in [5.74, 6) is 1.31. The highest BCUT2D eigenvalue weighted by molar-refractivity contribution is 6.02. The van der Waals surface area contributed by atoms with E-state index in [0.29, 0.717) is 28.7 Å². The van der Waals surface area contributed by atoms with Crippen molar-refractivity contribution < 1.29 is 19.0 Å². The lowest BCUT2D eigenvalue weighted by molar-refractivity contribution is 0.0954. The van der Waals surface area contributed by atoms with Crippen molar-refractivity contribution in [2.45, 2.75) is 20.3 Å². The third-order valence-corrected chi connectivity index (χ3v) is 3.93. The van der Waals surface area contributed by atoms with E-state index in [4.69, 9.17) is 14.2 Å². The molecule has 0 spiro atoms. The number of benzene rings is 2. The van der Waals surface area contributed by atoms with Gasteiger partial charge in [0.1, 0.15) is 0 Å². The smallest absolute Gasteiger partial charge is 0.271 e. The Kier molecular flexibility index (Phi) is 7.23. The maximum Gasteiger partial charge on any atom is 0.271 e. The summed E-state index contributed by atoms with van der Waals surface area (Å²) in [5, 5.41) is 4.37. The number of hydrogen-bond donors (Lipinski definition) is 1. The second-order valence-corrected chi connectivity index (χ2v) is 6.38. The number of nitrogens with one attached hydrogen (secondary N) is 1. The molecule has 0 aliphatic carbocycles. The van der Waals surface area contributed by atoms with Crippen LogP contribution in [0.5, 0.6) is 17.2 Å². The van der Waals surface area contributed by atoms with E-state index in [0.717, 1.165) is 17.7 Å². The quantitative estimate of drug-likeness (QED) is 0.565. The monoisotopic (exact) mass is 370 g/mol. The number of carbonyl (C=O) groups is 1. The van der Waals surface area contributed by atoms with Crippen LogP contribution in [0, 0.1) is 5.92 Å². The van der Waals surface area contributed by atoms with Gasteiger partial charge in [-0.15, -0.1) is 0 Å². The molecule has 0 bridgehead atoms. The van der Waals surface area contributed by atoms with Gasteiger partial charge in [0.2, 0.25) is 5.75 Å². The van der Waals surface area contributed by atoms with Crippen LogP contribution in [0.25, 0.3) is 0 Å². The summed E-state index contributed by atoms with van der Waals surface area (Å²) >= 11 is 0. The van der Waals surface area contributed by atoms with Gasteiger partial charge < -0.3 is 14.2 Å². The van der Waals surface area contributed by atoms with Gasteiger partial charge in [0.25, 0.3) is 5.91 Å². The molecule has 2 aromatic carbocycles. The summed E-state index contributed by atoms with van der Waals surface area (Å²) in [5.41, 5.74) is 4.81. The lowest BCUT2D eigenvalue weighted by Crippen LogP contribution is -2.21. The van der Waals surface area contributed by atoms with E-state index in [1.54, 1.807) is 12.1 Å².